The van der Waals surface area contributed by atoms with Gasteiger partial charge in [0.25, 0.3) is 0 Å². The molecule has 3 aromatic rings. The molecule has 146 valence electrons. The minimum absolute atomic E-state index is 0.0514. The van der Waals surface area contributed by atoms with Crippen LogP contribution in [0.4, 0.5) is 11.4 Å². The minimum Gasteiger partial charge on any atom is -0.387 e. The van der Waals surface area contributed by atoms with Gasteiger partial charge in [-0.05, 0) is 53.4 Å². The number of aliphatic hydroxyl groups is 1. The summed E-state index contributed by atoms with van der Waals surface area (Å²) in [4.78, 5) is 26.0. The highest BCUT2D eigenvalue weighted by atomic mass is 16.3. The Labute approximate surface area is 163 Å². The fourth-order valence-electron chi connectivity index (χ4n) is 2.93. The molecule has 28 heavy (non-hydrogen) atoms. The number of aliphatic hydroxyl groups excluding tert-OH is 1. The van der Waals surface area contributed by atoms with E-state index in [0.717, 1.165) is 16.6 Å². The van der Waals surface area contributed by atoms with Crippen LogP contribution in [0.1, 0.15) is 11.7 Å². The molecule has 1 atom stereocenters. The fraction of sp³-hybridized carbons (Fsp3) is 0.238. The van der Waals surface area contributed by atoms with Gasteiger partial charge < -0.3 is 25.2 Å². The van der Waals surface area contributed by atoms with Crippen molar-refractivity contribution in [1.29, 1.82) is 0 Å². The second kappa shape index (κ2) is 8.14. The highest BCUT2D eigenvalue weighted by molar-refractivity contribution is 6.39. The fourth-order valence-corrected chi connectivity index (χ4v) is 2.93. The number of nitrogens with one attached hydrogen (secondary N) is 2. The van der Waals surface area contributed by atoms with Gasteiger partial charge >= 0.3 is 11.8 Å². The Morgan fingerprint density at radius 3 is 2.46 bits per heavy atom. The Hall–Kier alpha value is -3.32. The van der Waals surface area contributed by atoms with Crippen LogP contribution in [0.2, 0.25) is 0 Å². The normalized spacial score (nSPS) is 11.9. The van der Waals surface area contributed by atoms with Crippen molar-refractivity contribution in [2.75, 3.05) is 30.9 Å². The van der Waals surface area contributed by atoms with Gasteiger partial charge in [-0.25, -0.2) is 0 Å². The van der Waals surface area contributed by atoms with Crippen molar-refractivity contribution in [2.45, 2.75) is 6.10 Å². The Morgan fingerprint density at radius 1 is 1.07 bits per heavy atom. The lowest BCUT2D eigenvalue weighted by atomic mass is 10.1. The van der Waals surface area contributed by atoms with Gasteiger partial charge in [-0.3, -0.25) is 9.59 Å². The van der Waals surface area contributed by atoms with E-state index in [4.69, 9.17) is 0 Å². The summed E-state index contributed by atoms with van der Waals surface area (Å²) < 4.78 is 1.99. The average Bonchev–Trinajstić information content (AvgIpc) is 3.06. The molecule has 0 radical (unpaired) electrons. The SMILES string of the molecule is CN(C)c1ccc(NC(=O)C(=O)NCC(O)c2ccc3c(ccn3C)c2)cc1. The number of anilines is 2. The van der Waals surface area contributed by atoms with Gasteiger partial charge in [-0.1, -0.05) is 6.07 Å². The van der Waals surface area contributed by atoms with E-state index in [-0.39, 0.29) is 6.54 Å². The number of benzene rings is 2. The molecular weight excluding hydrogens is 356 g/mol. The number of hydrogen-bond acceptors (Lipinski definition) is 4. The Bertz CT molecular complexity index is 993. The van der Waals surface area contributed by atoms with Gasteiger partial charge in [0, 0.05) is 50.8 Å². The molecule has 1 unspecified atom stereocenters. The zero-order valence-corrected chi connectivity index (χ0v) is 16.1. The number of nitrogens with zero attached hydrogens (tertiary/aromatic N) is 2. The molecule has 0 aliphatic heterocycles. The van der Waals surface area contributed by atoms with Crippen LogP contribution in [0.25, 0.3) is 10.9 Å². The number of hydrogen-bond donors (Lipinski definition) is 3. The number of rotatable bonds is 5. The standard InChI is InChI=1S/C21H24N4O3/c1-24(2)17-7-5-16(6-8-17)23-21(28)20(27)22-13-19(26)15-4-9-18-14(12-15)10-11-25(18)3/h4-12,19,26H,13H2,1-3H3,(H,22,27)(H,23,28). The van der Waals surface area contributed by atoms with E-state index < -0.39 is 17.9 Å². The largest absolute Gasteiger partial charge is 0.387 e. The Balaban J connectivity index is 1.55. The molecule has 0 fully saturated rings. The average molecular weight is 380 g/mol. The van der Waals surface area contributed by atoms with Crippen LogP contribution in [-0.2, 0) is 16.6 Å². The molecular formula is C21H24N4O3. The van der Waals surface area contributed by atoms with E-state index in [9.17, 15) is 14.7 Å². The second-order valence-corrected chi connectivity index (χ2v) is 6.87. The van der Waals surface area contributed by atoms with Crippen LogP contribution in [0.3, 0.4) is 0 Å². The van der Waals surface area contributed by atoms with E-state index in [1.165, 1.54) is 0 Å². The number of amides is 2. The first-order valence-corrected chi connectivity index (χ1v) is 8.95. The number of aromatic nitrogens is 1. The predicted molar refractivity (Wildman–Crippen MR) is 110 cm³/mol. The van der Waals surface area contributed by atoms with Gasteiger partial charge in [0.15, 0.2) is 0 Å². The topological polar surface area (TPSA) is 86.6 Å². The van der Waals surface area contributed by atoms with E-state index in [1.807, 2.05) is 73.2 Å². The summed E-state index contributed by atoms with van der Waals surface area (Å²) in [7, 11) is 5.79. The molecule has 3 rings (SSSR count). The first-order valence-electron chi connectivity index (χ1n) is 8.95. The van der Waals surface area contributed by atoms with Crippen molar-refractivity contribution in [2.24, 2.45) is 7.05 Å². The predicted octanol–water partition coefficient (Wildman–Crippen LogP) is 2.03. The third-order valence-electron chi connectivity index (χ3n) is 4.60. The molecule has 1 aromatic heterocycles. The minimum atomic E-state index is -0.902. The first-order chi connectivity index (χ1) is 13.3. The third kappa shape index (κ3) is 4.32. The Kier molecular flexibility index (Phi) is 5.65. The van der Waals surface area contributed by atoms with Crippen molar-refractivity contribution >= 4 is 34.1 Å². The molecule has 2 amide bonds. The zero-order valence-electron chi connectivity index (χ0n) is 16.1. The van der Waals surface area contributed by atoms with Gasteiger partial charge in [0.2, 0.25) is 0 Å². The molecule has 0 bridgehead atoms. The molecule has 0 saturated carbocycles. The van der Waals surface area contributed by atoms with Crippen LogP contribution in [0, 0.1) is 0 Å². The lowest BCUT2D eigenvalue weighted by Gasteiger charge is -2.14. The maximum absolute atomic E-state index is 12.0. The van der Waals surface area contributed by atoms with Crippen LogP contribution >= 0.6 is 0 Å². The molecule has 3 N–H and O–H groups in total. The third-order valence-corrected chi connectivity index (χ3v) is 4.60. The van der Waals surface area contributed by atoms with Gasteiger partial charge in [0.1, 0.15) is 0 Å². The van der Waals surface area contributed by atoms with E-state index in [2.05, 4.69) is 10.6 Å². The summed E-state index contributed by atoms with van der Waals surface area (Å²) in [5.41, 5.74) is 3.25. The monoisotopic (exact) mass is 380 g/mol. The van der Waals surface area contributed by atoms with Crippen molar-refractivity contribution in [3.63, 3.8) is 0 Å². The summed E-state index contributed by atoms with van der Waals surface area (Å²) >= 11 is 0. The number of carbonyl (C=O) groups is 2. The molecule has 1 heterocycles. The molecule has 7 nitrogen and oxygen atoms in total. The van der Waals surface area contributed by atoms with Crippen molar-refractivity contribution < 1.29 is 14.7 Å². The van der Waals surface area contributed by atoms with Gasteiger partial charge in [-0.15, -0.1) is 0 Å². The van der Waals surface area contributed by atoms with Crippen molar-refractivity contribution in [3.8, 4) is 0 Å². The lowest BCUT2D eigenvalue weighted by molar-refractivity contribution is -0.136. The lowest BCUT2D eigenvalue weighted by Crippen LogP contribution is -2.37. The van der Waals surface area contributed by atoms with E-state index in [1.54, 1.807) is 12.1 Å². The number of aryl methyl sites for hydroxylation is 1. The van der Waals surface area contributed by atoms with Crippen LogP contribution in [-0.4, -0.2) is 42.1 Å². The highest BCUT2D eigenvalue weighted by Gasteiger charge is 2.16. The summed E-state index contributed by atoms with van der Waals surface area (Å²) in [5, 5.41) is 16.3. The smallest absolute Gasteiger partial charge is 0.313 e. The molecule has 0 saturated heterocycles. The van der Waals surface area contributed by atoms with Crippen molar-refractivity contribution in [3.05, 3.63) is 60.3 Å². The summed E-state index contributed by atoms with van der Waals surface area (Å²) in [5.74, 6) is -1.57. The first kappa shape index (κ1) is 19.4. The van der Waals surface area contributed by atoms with Gasteiger partial charge in [0.05, 0.1) is 6.10 Å². The molecule has 0 spiro atoms. The zero-order chi connectivity index (χ0) is 20.3. The van der Waals surface area contributed by atoms with Crippen molar-refractivity contribution in [1.82, 2.24) is 9.88 Å². The summed E-state index contributed by atoms with van der Waals surface area (Å²) in [6.45, 7) is -0.0514. The maximum atomic E-state index is 12.0. The summed E-state index contributed by atoms with van der Waals surface area (Å²) in [6, 6.07) is 14.7. The Morgan fingerprint density at radius 2 is 1.79 bits per heavy atom. The number of fused-ring (bicyclic) bond motifs is 1. The molecule has 2 aromatic carbocycles. The van der Waals surface area contributed by atoms with Crippen LogP contribution in [0.15, 0.2) is 54.7 Å². The van der Waals surface area contributed by atoms with E-state index in [0.29, 0.717) is 11.3 Å². The molecule has 7 heteroatoms. The van der Waals surface area contributed by atoms with Crippen LogP contribution < -0.4 is 15.5 Å². The van der Waals surface area contributed by atoms with E-state index >= 15 is 0 Å². The van der Waals surface area contributed by atoms with Crippen LogP contribution in [0.5, 0.6) is 0 Å². The quantitative estimate of drug-likeness (QED) is 0.591. The number of carbonyl (C=O) groups excluding carboxylic acids is 2. The second-order valence-electron chi connectivity index (χ2n) is 6.87. The maximum Gasteiger partial charge on any atom is 0.313 e. The summed E-state index contributed by atoms with van der Waals surface area (Å²) in [6.07, 6.45) is 1.04. The molecule has 0 aliphatic rings. The highest BCUT2D eigenvalue weighted by Crippen LogP contribution is 2.21. The molecule has 0 aliphatic carbocycles. The van der Waals surface area contributed by atoms with Gasteiger partial charge in [-0.2, -0.15) is 0 Å².